The summed E-state index contributed by atoms with van der Waals surface area (Å²) in [6, 6.07) is 5.14. The number of carbonyl (C=O) groups is 1. The summed E-state index contributed by atoms with van der Waals surface area (Å²) >= 11 is 0. The summed E-state index contributed by atoms with van der Waals surface area (Å²) in [6.07, 6.45) is -0.314. The molecule has 0 N–H and O–H groups in total. The number of esters is 1. The number of rotatable bonds is 4. The summed E-state index contributed by atoms with van der Waals surface area (Å²) in [7, 11) is -3.63. The van der Waals surface area contributed by atoms with E-state index >= 15 is 0 Å². The molecule has 1 aromatic rings. The van der Waals surface area contributed by atoms with Gasteiger partial charge in [-0.25, -0.2) is 8.42 Å². The molecule has 0 aromatic heterocycles. The number of hydrogen-bond acceptors (Lipinski definition) is 4. The minimum atomic E-state index is -3.63. The fourth-order valence-corrected chi connectivity index (χ4v) is 3.03. The van der Waals surface area contributed by atoms with Crippen molar-refractivity contribution in [3.8, 4) is 0 Å². The molecule has 0 bridgehead atoms. The van der Waals surface area contributed by atoms with Crippen LogP contribution in [0.2, 0.25) is 0 Å². The van der Waals surface area contributed by atoms with Crippen LogP contribution in [0, 0.1) is 13.8 Å². The maximum absolute atomic E-state index is 12.1. The van der Waals surface area contributed by atoms with Gasteiger partial charge in [0.15, 0.2) is 15.6 Å². The van der Waals surface area contributed by atoms with E-state index in [-0.39, 0.29) is 11.0 Å². The van der Waals surface area contributed by atoms with E-state index in [4.69, 9.17) is 4.74 Å². The SMILES string of the molecule is Cc1ccc(C)c(S(=O)(=O)CC(=O)OC(C)C)c1. The molecule has 0 fully saturated rings. The van der Waals surface area contributed by atoms with Gasteiger partial charge in [0.1, 0.15) is 0 Å². The van der Waals surface area contributed by atoms with Crippen molar-refractivity contribution in [3.63, 3.8) is 0 Å². The van der Waals surface area contributed by atoms with Crippen molar-refractivity contribution in [3.05, 3.63) is 29.3 Å². The molecule has 0 radical (unpaired) electrons. The van der Waals surface area contributed by atoms with Crippen LogP contribution < -0.4 is 0 Å². The summed E-state index contributed by atoms with van der Waals surface area (Å²) in [4.78, 5) is 11.6. The largest absolute Gasteiger partial charge is 0.462 e. The van der Waals surface area contributed by atoms with E-state index in [0.717, 1.165) is 5.56 Å². The predicted molar refractivity (Wildman–Crippen MR) is 69.2 cm³/mol. The van der Waals surface area contributed by atoms with Gasteiger partial charge >= 0.3 is 5.97 Å². The van der Waals surface area contributed by atoms with Gasteiger partial charge < -0.3 is 4.74 Å². The average Bonchev–Trinajstić information content (AvgIpc) is 2.19. The molecule has 0 aliphatic heterocycles. The molecule has 4 nitrogen and oxygen atoms in total. The first-order chi connectivity index (χ1) is 8.22. The van der Waals surface area contributed by atoms with Crippen molar-refractivity contribution in [2.45, 2.75) is 38.7 Å². The van der Waals surface area contributed by atoms with Crippen LogP contribution in [-0.4, -0.2) is 26.2 Å². The molecule has 0 amide bonds. The monoisotopic (exact) mass is 270 g/mol. The van der Waals surface area contributed by atoms with E-state index in [1.54, 1.807) is 32.9 Å². The lowest BCUT2D eigenvalue weighted by Crippen LogP contribution is -2.22. The third-order valence-corrected chi connectivity index (χ3v) is 4.08. The van der Waals surface area contributed by atoms with Crippen LogP contribution in [0.3, 0.4) is 0 Å². The molecule has 0 saturated heterocycles. The Morgan fingerprint density at radius 2 is 1.89 bits per heavy atom. The first-order valence-electron chi connectivity index (χ1n) is 5.72. The van der Waals surface area contributed by atoms with Crippen LogP contribution >= 0.6 is 0 Å². The van der Waals surface area contributed by atoms with E-state index in [2.05, 4.69) is 0 Å². The molecular formula is C13H18O4S. The van der Waals surface area contributed by atoms with Gasteiger partial charge in [0, 0.05) is 0 Å². The van der Waals surface area contributed by atoms with E-state index in [0.29, 0.717) is 5.56 Å². The number of carbonyl (C=O) groups excluding carboxylic acids is 1. The van der Waals surface area contributed by atoms with Crippen LogP contribution in [0.15, 0.2) is 23.1 Å². The zero-order valence-electron chi connectivity index (χ0n) is 11.1. The maximum Gasteiger partial charge on any atom is 0.321 e. The molecule has 0 heterocycles. The van der Waals surface area contributed by atoms with Crippen LogP contribution in [0.25, 0.3) is 0 Å². The lowest BCUT2D eigenvalue weighted by atomic mass is 10.2. The molecule has 100 valence electrons. The molecule has 0 unspecified atom stereocenters. The topological polar surface area (TPSA) is 60.4 Å². The van der Waals surface area contributed by atoms with E-state index in [9.17, 15) is 13.2 Å². The van der Waals surface area contributed by atoms with Crippen LogP contribution in [0.1, 0.15) is 25.0 Å². The molecule has 1 rings (SSSR count). The lowest BCUT2D eigenvalue weighted by Gasteiger charge is -2.10. The highest BCUT2D eigenvalue weighted by atomic mass is 32.2. The van der Waals surface area contributed by atoms with Gasteiger partial charge in [-0.2, -0.15) is 0 Å². The Labute approximate surface area is 108 Å². The standard InChI is InChI=1S/C13H18O4S/c1-9(2)17-13(14)8-18(15,16)12-7-10(3)5-6-11(12)4/h5-7,9H,8H2,1-4H3. The molecule has 5 heteroatoms. The van der Waals surface area contributed by atoms with Gasteiger partial charge in [-0.1, -0.05) is 12.1 Å². The highest BCUT2D eigenvalue weighted by Gasteiger charge is 2.22. The van der Waals surface area contributed by atoms with E-state index in [1.807, 2.05) is 13.0 Å². The first kappa shape index (κ1) is 14.7. The Kier molecular flexibility index (Phi) is 4.51. The second-order valence-electron chi connectivity index (χ2n) is 4.57. The van der Waals surface area contributed by atoms with Gasteiger partial charge in [0.05, 0.1) is 11.0 Å². The van der Waals surface area contributed by atoms with Crippen LogP contribution in [-0.2, 0) is 19.4 Å². The predicted octanol–water partition coefficient (Wildman–Crippen LogP) is 2.03. The third kappa shape index (κ3) is 3.84. The molecular weight excluding hydrogens is 252 g/mol. The van der Waals surface area contributed by atoms with Gasteiger partial charge in [-0.05, 0) is 44.9 Å². The molecule has 1 aromatic carbocycles. The maximum atomic E-state index is 12.1. The second kappa shape index (κ2) is 5.52. The molecule has 0 aliphatic carbocycles. The van der Waals surface area contributed by atoms with Gasteiger partial charge in [-0.3, -0.25) is 4.79 Å². The quantitative estimate of drug-likeness (QED) is 0.785. The van der Waals surface area contributed by atoms with Crippen LogP contribution in [0.5, 0.6) is 0 Å². The van der Waals surface area contributed by atoms with Gasteiger partial charge in [0.25, 0.3) is 0 Å². The van der Waals surface area contributed by atoms with Crippen molar-refractivity contribution in [1.82, 2.24) is 0 Å². The summed E-state index contributed by atoms with van der Waals surface area (Å²) in [6.45, 7) is 6.88. The smallest absolute Gasteiger partial charge is 0.321 e. The first-order valence-corrected chi connectivity index (χ1v) is 7.37. The molecule has 18 heavy (non-hydrogen) atoms. The summed E-state index contributed by atoms with van der Waals surface area (Å²) in [5, 5.41) is 0. The van der Waals surface area contributed by atoms with E-state index in [1.165, 1.54) is 0 Å². The Bertz CT molecular complexity index is 544. The van der Waals surface area contributed by atoms with Crippen LogP contribution in [0.4, 0.5) is 0 Å². The summed E-state index contributed by atoms with van der Waals surface area (Å²) < 4.78 is 29.1. The highest BCUT2D eigenvalue weighted by Crippen LogP contribution is 2.18. The van der Waals surface area contributed by atoms with Gasteiger partial charge in [-0.15, -0.1) is 0 Å². The summed E-state index contributed by atoms with van der Waals surface area (Å²) in [5.41, 5.74) is 1.48. The Balaban J connectivity index is 3.00. The minimum Gasteiger partial charge on any atom is -0.462 e. The Hall–Kier alpha value is -1.36. The van der Waals surface area contributed by atoms with Crippen molar-refractivity contribution < 1.29 is 17.9 Å². The van der Waals surface area contributed by atoms with Crippen molar-refractivity contribution in [2.24, 2.45) is 0 Å². The van der Waals surface area contributed by atoms with Crippen molar-refractivity contribution in [1.29, 1.82) is 0 Å². The number of benzene rings is 1. The zero-order valence-corrected chi connectivity index (χ0v) is 11.9. The molecule has 0 aliphatic rings. The third-order valence-electron chi connectivity index (χ3n) is 2.35. The average molecular weight is 270 g/mol. The molecule has 0 spiro atoms. The second-order valence-corrected chi connectivity index (χ2v) is 6.52. The molecule has 0 saturated carbocycles. The van der Waals surface area contributed by atoms with Crippen molar-refractivity contribution >= 4 is 15.8 Å². The Morgan fingerprint density at radius 3 is 2.44 bits per heavy atom. The fraction of sp³-hybridized carbons (Fsp3) is 0.462. The van der Waals surface area contributed by atoms with Crippen molar-refractivity contribution in [2.75, 3.05) is 5.75 Å². The number of sulfone groups is 1. The van der Waals surface area contributed by atoms with E-state index < -0.39 is 21.6 Å². The summed E-state index contributed by atoms with van der Waals surface area (Å²) in [5.74, 6) is -1.33. The highest BCUT2D eigenvalue weighted by molar-refractivity contribution is 7.92. The fourth-order valence-electron chi connectivity index (χ4n) is 1.57. The van der Waals surface area contributed by atoms with Gasteiger partial charge in [0.2, 0.25) is 0 Å². The minimum absolute atomic E-state index is 0.197. The number of aryl methyl sites for hydroxylation is 2. The number of hydrogen-bond donors (Lipinski definition) is 0. The zero-order chi connectivity index (χ0) is 13.9. The Morgan fingerprint density at radius 1 is 1.28 bits per heavy atom. The normalized spacial score (nSPS) is 11.6. The number of ether oxygens (including phenoxy) is 1. The molecule has 0 atom stereocenters. The lowest BCUT2D eigenvalue weighted by molar-refractivity contribution is -0.144.